The number of nitrogens with one attached hydrogen (secondary N) is 1. The van der Waals surface area contributed by atoms with Crippen LogP contribution in [-0.4, -0.2) is 42.3 Å². The number of aliphatic hydroxyl groups is 1. The predicted octanol–water partition coefficient (Wildman–Crippen LogP) is 4.48. The minimum Gasteiger partial charge on any atom is -0.489 e. The predicted molar refractivity (Wildman–Crippen MR) is 122 cm³/mol. The number of anilines is 2. The number of rotatable bonds is 10. The molecule has 3 rings (SSSR count). The molecule has 0 saturated carbocycles. The fourth-order valence-electron chi connectivity index (χ4n) is 3.28. The van der Waals surface area contributed by atoms with E-state index in [0.29, 0.717) is 28.4 Å². The van der Waals surface area contributed by atoms with E-state index in [4.69, 9.17) is 9.84 Å². The average Bonchev–Trinajstić information content (AvgIpc) is 3.19. The van der Waals surface area contributed by atoms with Gasteiger partial charge in [-0.1, -0.05) is 0 Å². The van der Waals surface area contributed by atoms with E-state index >= 15 is 0 Å². The average molecular weight is 462 g/mol. The first-order valence-corrected chi connectivity index (χ1v) is 11.1. The smallest absolute Gasteiger partial charge is 0.257 e. The van der Waals surface area contributed by atoms with Crippen molar-refractivity contribution in [2.75, 3.05) is 36.5 Å². The number of thiazole rings is 1. The molecule has 1 aromatic heterocycles. The number of ether oxygens (including phenoxy) is 1. The molecule has 0 spiro atoms. The Bertz CT molecular complexity index is 1050. The maximum absolute atomic E-state index is 13.4. The summed E-state index contributed by atoms with van der Waals surface area (Å²) < 4.78 is 32.4. The minimum atomic E-state index is -0.634. The molecule has 3 aromatic rings. The van der Waals surface area contributed by atoms with Crippen LogP contribution in [0.2, 0.25) is 0 Å². The van der Waals surface area contributed by atoms with Crippen LogP contribution in [0.15, 0.2) is 42.6 Å². The maximum Gasteiger partial charge on any atom is 0.257 e. The molecule has 0 saturated heterocycles. The Morgan fingerprint density at radius 2 is 1.88 bits per heavy atom. The topological polar surface area (TPSA) is 74.7 Å². The van der Waals surface area contributed by atoms with Gasteiger partial charge in [0, 0.05) is 42.2 Å². The van der Waals surface area contributed by atoms with Crippen LogP contribution in [0.5, 0.6) is 5.75 Å². The number of aliphatic hydroxyl groups excluding tert-OH is 1. The second-order valence-corrected chi connectivity index (χ2v) is 8.08. The van der Waals surface area contributed by atoms with Crippen LogP contribution in [0.1, 0.15) is 34.6 Å². The van der Waals surface area contributed by atoms with Crippen LogP contribution in [0.4, 0.5) is 19.6 Å². The molecular formula is C23H25F2N3O3S. The van der Waals surface area contributed by atoms with E-state index in [1.165, 1.54) is 23.5 Å². The van der Waals surface area contributed by atoms with Crippen molar-refractivity contribution >= 4 is 28.1 Å². The molecule has 9 heteroatoms. The molecule has 1 amide bonds. The lowest BCUT2D eigenvalue weighted by Crippen LogP contribution is -2.23. The summed E-state index contributed by atoms with van der Waals surface area (Å²) in [5, 5.41) is 12.2. The lowest BCUT2D eigenvalue weighted by atomic mass is 10.1. The molecule has 170 valence electrons. The molecular weight excluding hydrogens is 436 g/mol. The van der Waals surface area contributed by atoms with Gasteiger partial charge in [-0.15, -0.1) is 11.3 Å². The molecule has 0 radical (unpaired) electrons. The van der Waals surface area contributed by atoms with E-state index in [1.807, 2.05) is 19.9 Å². The number of benzene rings is 2. The number of nitrogens with zero attached hydrogens (tertiary/aromatic N) is 2. The van der Waals surface area contributed by atoms with Crippen molar-refractivity contribution in [3.63, 3.8) is 0 Å². The molecule has 0 atom stereocenters. The fraction of sp³-hybridized carbons (Fsp3) is 0.304. The fourth-order valence-corrected chi connectivity index (χ4v) is 4.12. The highest BCUT2D eigenvalue weighted by molar-refractivity contribution is 7.15. The summed E-state index contributed by atoms with van der Waals surface area (Å²) in [6.07, 6.45) is 1.88. The van der Waals surface area contributed by atoms with E-state index in [2.05, 4.69) is 15.2 Å². The first-order chi connectivity index (χ1) is 15.4. The summed E-state index contributed by atoms with van der Waals surface area (Å²) in [6, 6.07) is 8.53. The minimum absolute atomic E-state index is 0.121. The summed E-state index contributed by atoms with van der Waals surface area (Å²) in [5.74, 6) is -1.11. The Morgan fingerprint density at radius 1 is 1.16 bits per heavy atom. The quantitative estimate of drug-likeness (QED) is 0.466. The second-order valence-electron chi connectivity index (χ2n) is 6.97. The SMILES string of the molecule is CCN(CC)c1ccc(C(=O)Nc2ncc(Cc3cc(F)cc(F)c3)s2)cc1OCCO. The largest absolute Gasteiger partial charge is 0.489 e. The summed E-state index contributed by atoms with van der Waals surface area (Å²) in [6.45, 7) is 5.58. The van der Waals surface area contributed by atoms with Crippen LogP contribution in [0.25, 0.3) is 0 Å². The lowest BCUT2D eigenvalue weighted by molar-refractivity contribution is 0.102. The maximum atomic E-state index is 13.4. The van der Waals surface area contributed by atoms with Gasteiger partial charge in [-0.3, -0.25) is 10.1 Å². The number of carbonyl (C=O) groups excluding carboxylic acids is 1. The molecule has 0 aliphatic rings. The zero-order chi connectivity index (χ0) is 23.1. The zero-order valence-corrected chi connectivity index (χ0v) is 18.7. The van der Waals surface area contributed by atoms with E-state index in [1.54, 1.807) is 18.3 Å². The Kier molecular flexibility index (Phi) is 8.13. The standard InChI is InChI=1S/C23H25F2N3O3S/c1-3-28(4-2)20-6-5-16(12-21(20)31-8-7-29)22(30)27-23-26-14-19(32-23)11-15-9-17(24)13-18(25)10-15/h5-6,9-10,12-14,29H,3-4,7-8,11H2,1-2H3,(H,26,27,30). The summed E-state index contributed by atoms with van der Waals surface area (Å²) >= 11 is 1.24. The first kappa shape index (κ1) is 23.6. The summed E-state index contributed by atoms with van der Waals surface area (Å²) in [5.41, 5.74) is 1.72. The summed E-state index contributed by atoms with van der Waals surface area (Å²) in [4.78, 5) is 19.8. The van der Waals surface area contributed by atoms with Gasteiger partial charge in [0.25, 0.3) is 5.91 Å². The van der Waals surface area contributed by atoms with Crippen LogP contribution >= 0.6 is 11.3 Å². The van der Waals surface area contributed by atoms with Crippen LogP contribution < -0.4 is 15.0 Å². The van der Waals surface area contributed by atoms with Gasteiger partial charge in [-0.2, -0.15) is 0 Å². The van der Waals surface area contributed by atoms with Gasteiger partial charge in [0.15, 0.2) is 5.13 Å². The third-order valence-electron chi connectivity index (χ3n) is 4.75. The number of hydrogen-bond donors (Lipinski definition) is 2. The van der Waals surface area contributed by atoms with Crippen molar-refractivity contribution in [2.45, 2.75) is 20.3 Å². The highest BCUT2D eigenvalue weighted by Crippen LogP contribution is 2.30. The Morgan fingerprint density at radius 3 is 2.53 bits per heavy atom. The third-order valence-corrected chi connectivity index (χ3v) is 5.66. The molecule has 2 N–H and O–H groups in total. The van der Waals surface area contributed by atoms with E-state index in [-0.39, 0.29) is 19.1 Å². The van der Waals surface area contributed by atoms with Crippen LogP contribution in [-0.2, 0) is 6.42 Å². The van der Waals surface area contributed by atoms with Crippen molar-refractivity contribution in [2.24, 2.45) is 0 Å². The molecule has 0 aliphatic heterocycles. The number of halogens is 2. The normalized spacial score (nSPS) is 10.8. The molecule has 1 heterocycles. The zero-order valence-electron chi connectivity index (χ0n) is 17.9. The highest BCUT2D eigenvalue weighted by atomic mass is 32.1. The number of amides is 1. The van der Waals surface area contributed by atoms with Gasteiger partial charge in [0.2, 0.25) is 0 Å². The Balaban J connectivity index is 1.74. The lowest BCUT2D eigenvalue weighted by Gasteiger charge is -2.24. The molecule has 0 unspecified atom stereocenters. The Hall–Kier alpha value is -3.04. The van der Waals surface area contributed by atoms with Crippen LogP contribution in [0.3, 0.4) is 0 Å². The van der Waals surface area contributed by atoms with Crippen molar-refractivity contribution in [3.8, 4) is 5.75 Å². The van der Waals surface area contributed by atoms with Crippen molar-refractivity contribution in [1.82, 2.24) is 4.98 Å². The van der Waals surface area contributed by atoms with Crippen molar-refractivity contribution < 1.29 is 23.4 Å². The summed E-state index contributed by atoms with van der Waals surface area (Å²) in [7, 11) is 0. The van der Waals surface area contributed by atoms with Gasteiger partial charge in [-0.25, -0.2) is 13.8 Å². The van der Waals surface area contributed by atoms with Gasteiger partial charge in [-0.05, 0) is 49.7 Å². The van der Waals surface area contributed by atoms with E-state index in [0.717, 1.165) is 29.7 Å². The van der Waals surface area contributed by atoms with Gasteiger partial charge < -0.3 is 14.7 Å². The van der Waals surface area contributed by atoms with Gasteiger partial charge >= 0.3 is 0 Å². The monoisotopic (exact) mass is 461 g/mol. The molecule has 0 fully saturated rings. The number of aromatic nitrogens is 1. The molecule has 6 nitrogen and oxygen atoms in total. The van der Waals surface area contributed by atoms with Crippen molar-refractivity contribution in [1.29, 1.82) is 0 Å². The molecule has 0 aliphatic carbocycles. The highest BCUT2D eigenvalue weighted by Gasteiger charge is 2.16. The Labute approximate surface area is 189 Å². The van der Waals surface area contributed by atoms with E-state index in [9.17, 15) is 13.6 Å². The van der Waals surface area contributed by atoms with Gasteiger partial charge in [0.1, 0.15) is 24.0 Å². The number of hydrogen-bond acceptors (Lipinski definition) is 6. The third kappa shape index (κ3) is 6.02. The number of carbonyl (C=O) groups is 1. The molecule has 2 aromatic carbocycles. The van der Waals surface area contributed by atoms with E-state index < -0.39 is 11.6 Å². The van der Waals surface area contributed by atoms with Crippen LogP contribution in [0, 0.1) is 11.6 Å². The second kappa shape index (κ2) is 11.0. The molecule has 32 heavy (non-hydrogen) atoms. The van der Waals surface area contributed by atoms with Gasteiger partial charge in [0.05, 0.1) is 12.3 Å². The first-order valence-electron chi connectivity index (χ1n) is 10.3. The molecule has 0 bridgehead atoms. The van der Waals surface area contributed by atoms with Crippen molar-refractivity contribution in [3.05, 3.63) is 70.2 Å².